The Labute approximate surface area is 179 Å². The van der Waals surface area contributed by atoms with Crippen LogP contribution in [-0.4, -0.2) is 42.6 Å². The van der Waals surface area contributed by atoms with Crippen LogP contribution in [0.2, 0.25) is 0 Å². The first-order chi connectivity index (χ1) is 14.6. The van der Waals surface area contributed by atoms with Crippen LogP contribution in [0.1, 0.15) is 23.6 Å². The molecule has 9 heteroatoms. The fourth-order valence-electron chi connectivity index (χ4n) is 3.31. The highest BCUT2D eigenvalue weighted by Gasteiger charge is 2.30. The molecule has 0 bridgehead atoms. The molecule has 0 radical (unpaired) electrons. The van der Waals surface area contributed by atoms with Crippen molar-refractivity contribution in [3.05, 3.63) is 71.4 Å². The summed E-state index contributed by atoms with van der Waals surface area (Å²) in [7, 11) is 1.64. The Morgan fingerprint density at radius 3 is 2.80 bits per heavy atom. The van der Waals surface area contributed by atoms with E-state index in [9.17, 15) is 4.79 Å². The SMILES string of the molecule is CCn1cc(CN2C(=O)/C(=C\c3ccc(OC)c(Cn4cccn4)c3)NC2=S)cn1. The Balaban J connectivity index is 1.55. The number of carbonyl (C=O) groups is 1. The first kappa shape index (κ1) is 19.8. The summed E-state index contributed by atoms with van der Waals surface area (Å²) in [5, 5.41) is 11.9. The molecule has 2 aromatic heterocycles. The third-order valence-electron chi connectivity index (χ3n) is 4.82. The van der Waals surface area contributed by atoms with E-state index in [0.29, 0.717) is 23.9 Å². The molecule has 1 N–H and O–H groups in total. The van der Waals surface area contributed by atoms with Gasteiger partial charge in [0.25, 0.3) is 5.91 Å². The van der Waals surface area contributed by atoms with E-state index in [1.54, 1.807) is 30.5 Å². The van der Waals surface area contributed by atoms with Gasteiger partial charge in [-0.3, -0.25) is 19.1 Å². The van der Waals surface area contributed by atoms with Crippen LogP contribution in [0.5, 0.6) is 5.75 Å². The zero-order chi connectivity index (χ0) is 21.1. The van der Waals surface area contributed by atoms with Crippen molar-refractivity contribution in [1.82, 2.24) is 29.8 Å². The minimum atomic E-state index is -0.159. The zero-order valence-electron chi connectivity index (χ0n) is 16.8. The molecule has 1 fully saturated rings. The van der Waals surface area contributed by atoms with Crippen molar-refractivity contribution in [3.8, 4) is 5.75 Å². The molecule has 1 saturated heterocycles. The van der Waals surface area contributed by atoms with Gasteiger partial charge in [0.2, 0.25) is 0 Å². The standard InChI is InChI=1S/C21H22N6O2S/c1-3-25-12-16(11-23-25)13-27-20(28)18(24-21(27)30)10-15-5-6-19(29-2)17(9-15)14-26-8-4-7-22-26/h4-12H,3,13-14H2,1-2H3,(H,24,30)/b18-10+. The van der Waals surface area contributed by atoms with Gasteiger partial charge in [-0.05, 0) is 49.0 Å². The Morgan fingerprint density at radius 1 is 1.23 bits per heavy atom. The summed E-state index contributed by atoms with van der Waals surface area (Å²) in [5.41, 5.74) is 3.21. The minimum absolute atomic E-state index is 0.159. The van der Waals surface area contributed by atoms with Crippen LogP contribution in [0.25, 0.3) is 6.08 Å². The summed E-state index contributed by atoms with van der Waals surface area (Å²) in [6, 6.07) is 7.66. The number of carbonyl (C=O) groups excluding carboxylic acids is 1. The molecule has 4 rings (SSSR count). The topological polar surface area (TPSA) is 77.2 Å². The zero-order valence-corrected chi connectivity index (χ0v) is 17.6. The summed E-state index contributed by atoms with van der Waals surface area (Å²) < 4.78 is 9.11. The second-order valence-corrected chi connectivity index (χ2v) is 7.25. The number of ether oxygens (including phenoxy) is 1. The minimum Gasteiger partial charge on any atom is -0.496 e. The van der Waals surface area contributed by atoms with Gasteiger partial charge in [0.1, 0.15) is 11.4 Å². The number of aromatic nitrogens is 4. The Hall–Kier alpha value is -3.46. The molecular formula is C21H22N6O2S. The summed E-state index contributed by atoms with van der Waals surface area (Å²) in [5.74, 6) is 0.608. The Bertz CT molecular complexity index is 1100. The molecule has 3 heterocycles. The van der Waals surface area contributed by atoms with E-state index in [1.807, 2.05) is 52.9 Å². The first-order valence-electron chi connectivity index (χ1n) is 9.57. The molecule has 1 aromatic carbocycles. The number of nitrogens with zero attached hydrogens (tertiary/aromatic N) is 5. The Kier molecular flexibility index (Phi) is 5.62. The average molecular weight is 423 g/mol. The molecule has 30 heavy (non-hydrogen) atoms. The van der Waals surface area contributed by atoms with Crippen molar-refractivity contribution in [2.75, 3.05) is 7.11 Å². The van der Waals surface area contributed by atoms with E-state index in [0.717, 1.165) is 29.0 Å². The quantitative estimate of drug-likeness (QED) is 0.466. The third kappa shape index (κ3) is 4.11. The fraction of sp³-hybridized carbons (Fsp3) is 0.238. The molecular weight excluding hydrogens is 400 g/mol. The van der Waals surface area contributed by atoms with Crippen LogP contribution in [0.15, 0.2) is 54.7 Å². The number of amides is 1. The summed E-state index contributed by atoms with van der Waals surface area (Å²) in [6.07, 6.45) is 9.10. The molecule has 0 unspecified atom stereocenters. The summed E-state index contributed by atoms with van der Waals surface area (Å²) in [4.78, 5) is 14.5. The lowest BCUT2D eigenvalue weighted by Gasteiger charge is -2.12. The largest absolute Gasteiger partial charge is 0.496 e. The van der Waals surface area contributed by atoms with Crippen molar-refractivity contribution in [2.45, 2.75) is 26.6 Å². The second kappa shape index (κ2) is 8.50. The molecule has 154 valence electrons. The molecule has 0 spiro atoms. The smallest absolute Gasteiger partial charge is 0.276 e. The van der Waals surface area contributed by atoms with E-state index in [1.165, 1.54) is 0 Å². The average Bonchev–Trinajstić information content (AvgIpc) is 3.47. The molecule has 1 aliphatic heterocycles. The monoisotopic (exact) mass is 422 g/mol. The van der Waals surface area contributed by atoms with Crippen molar-refractivity contribution in [3.63, 3.8) is 0 Å². The van der Waals surface area contributed by atoms with Gasteiger partial charge in [-0.15, -0.1) is 0 Å². The van der Waals surface area contributed by atoms with Gasteiger partial charge in [0.05, 0.1) is 26.4 Å². The number of hydrogen-bond acceptors (Lipinski definition) is 5. The number of nitrogens with one attached hydrogen (secondary N) is 1. The van der Waals surface area contributed by atoms with Crippen LogP contribution in [0.3, 0.4) is 0 Å². The predicted octanol–water partition coefficient (Wildman–Crippen LogP) is 2.41. The van der Waals surface area contributed by atoms with Crippen LogP contribution in [0.4, 0.5) is 0 Å². The lowest BCUT2D eigenvalue weighted by atomic mass is 10.1. The number of rotatable bonds is 7. The molecule has 0 atom stereocenters. The van der Waals surface area contributed by atoms with Crippen LogP contribution in [-0.2, 0) is 24.4 Å². The maximum absolute atomic E-state index is 12.9. The maximum atomic E-state index is 12.9. The lowest BCUT2D eigenvalue weighted by molar-refractivity contribution is -0.122. The molecule has 8 nitrogen and oxygen atoms in total. The van der Waals surface area contributed by atoms with Gasteiger partial charge >= 0.3 is 0 Å². The predicted molar refractivity (Wildman–Crippen MR) is 116 cm³/mol. The normalized spacial score (nSPS) is 15.1. The maximum Gasteiger partial charge on any atom is 0.276 e. The molecule has 1 amide bonds. The van der Waals surface area contributed by atoms with E-state index < -0.39 is 0 Å². The Morgan fingerprint density at radius 2 is 2.10 bits per heavy atom. The second-order valence-electron chi connectivity index (χ2n) is 6.86. The third-order valence-corrected chi connectivity index (χ3v) is 5.14. The first-order valence-corrected chi connectivity index (χ1v) is 9.98. The summed E-state index contributed by atoms with van der Waals surface area (Å²) in [6.45, 7) is 3.75. The van der Waals surface area contributed by atoms with Crippen LogP contribution in [0, 0.1) is 0 Å². The van der Waals surface area contributed by atoms with Gasteiger partial charge in [0.15, 0.2) is 5.11 Å². The molecule has 0 aliphatic carbocycles. The molecule has 3 aromatic rings. The highest BCUT2D eigenvalue weighted by molar-refractivity contribution is 7.80. The molecule has 1 aliphatic rings. The summed E-state index contributed by atoms with van der Waals surface area (Å²) >= 11 is 5.38. The van der Waals surface area contributed by atoms with Crippen LogP contribution < -0.4 is 10.1 Å². The van der Waals surface area contributed by atoms with Gasteiger partial charge in [-0.2, -0.15) is 10.2 Å². The van der Waals surface area contributed by atoms with Crippen molar-refractivity contribution < 1.29 is 9.53 Å². The van der Waals surface area contributed by atoms with Crippen molar-refractivity contribution >= 4 is 29.3 Å². The highest BCUT2D eigenvalue weighted by atomic mass is 32.1. The van der Waals surface area contributed by atoms with E-state index in [-0.39, 0.29) is 5.91 Å². The van der Waals surface area contributed by atoms with E-state index in [2.05, 4.69) is 15.5 Å². The fourth-order valence-corrected chi connectivity index (χ4v) is 3.56. The van der Waals surface area contributed by atoms with Gasteiger partial charge < -0.3 is 10.1 Å². The lowest BCUT2D eigenvalue weighted by Crippen LogP contribution is -2.29. The molecule has 0 saturated carbocycles. The van der Waals surface area contributed by atoms with Gasteiger partial charge in [-0.25, -0.2) is 0 Å². The number of hydrogen-bond donors (Lipinski definition) is 1. The van der Waals surface area contributed by atoms with Gasteiger partial charge in [0, 0.05) is 36.3 Å². The van der Waals surface area contributed by atoms with Crippen molar-refractivity contribution in [2.24, 2.45) is 0 Å². The highest BCUT2D eigenvalue weighted by Crippen LogP contribution is 2.23. The van der Waals surface area contributed by atoms with E-state index >= 15 is 0 Å². The van der Waals surface area contributed by atoms with Gasteiger partial charge in [-0.1, -0.05) is 6.07 Å². The number of benzene rings is 1. The number of methoxy groups -OCH3 is 1. The van der Waals surface area contributed by atoms with Crippen LogP contribution >= 0.6 is 12.2 Å². The van der Waals surface area contributed by atoms with E-state index in [4.69, 9.17) is 17.0 Å². The number of aryl methyl sites for hydroxylation is 1. The van der Waals surface area contributed by atoms with Crippen molar-refractivity contribution in [1.29, 1.82) is 0 Å². The number of thiocarbonyl (C=S) groups is 1.